The van der Waals surface area contributed by atoms with Crippen LogP contribution in [0.25, 0.3) is 11.4 Å². The fourth-order valence-corrected chi connectivity index (χ4v) is 9.08. The second-order valence-electron chi connectivity index (χ2n) is 17.4. The third-order valence-electron chi connectivity index (χ3n) is 12.1. The number of aliphatic carboxylic acids is 1. The average Bonchev–Trinajstić information content (AvgIpc) is 4.02. The third kappa shape index (κ3) is 13.0. The molecule has 0 radical (unpaired) electrons. The zero-order valence-corrected chi connectivity index (χ0v) is 42.2. The van der Waals surface area contributed by atoms with Gasteiger partial charge in [-0.3, -0.25) is 14.4 Å². The van der Waals surface area contributed by atoms with E-state index in [0.717, 1.165) is 57.2 Å². The number of methoxy groups -OCH3 is 2. The molecule has 0 aliphatic rings. The van der Waals surface area contributed by atoms with E-state index in [9.17, 15) is 50.9 Å². The molecular formula is C54H48Cl2F6N6O7. The number of aryl methyl sites for hydroxylation is 2. The second kappa shape index (κ2) is 24.2. The van der Waals surface area contributed by atoms with Crippen LogP contribution in [0.5, 0.6) is 11.5 Å². The summed E-state index contributed by atoms with van der Waals surface area (Å²) < 4.78 is 100. The zero-order chi connectivity index (χ0) is 54.2. The largest absolute Gasteiger partial charge is 0.495 e. The maximum absolute atomic E-state index is 14.0. The van der Waals surface area contributed by atoms with Gasteiger partial charge < -0.3 is 38.0 Å². The van der Waals surface area contributed by atoms with Gasteiger partial charge in [-0.05, 0) is 116 Å². The summed E-state index contributed by atoms with van der Waals surface area (Å²) in [7, 11) is 3.07. The van der Waals surface area contributed by atoms with Gasteiger partial charge in [-0.1, -0.05) is 35.3 Å². The Balaban J connectivity index is 0.000000219. The van der Waals surface area contributed by atoms with E-state index in [1.54, 1.807) is 30.4 Å². The summed E-state index contributed by atoms with van der Waals surface area (Å²) in [6.45, 7) is 3.54. The number of aliphatic hydroxyl groups excluding tert-OH is 1. The Morgan fingerprint density at radius 3 is 1.36 bits per heavy atom. The Labute approximate surface area is 435 Å². The maximum Gasteiger partial charge on any atom is 0.303 e. The van der Waals surface area contributed by atoms with Gasteiger partial charge in [0.25, 0.3) is 11.1 Å². The summed E-state index contributed by atoms with van der Waals surface area (Å²) in [5.74, 6) is -8.92. The minimum atomic E-state index is -1.66. The summed E-state index contributed by atoms with van der Waals surface area (Å²) in [6, 6.07) is 15.1. The predicted octanol–water partition coefficient (Wildman–Crippen LogP) is 10.8. The predicted molar refractivity (Wildman–Crippen MR) is 269 cm³/mol. The molecule has 75 heavy (non-hydrogen) atoms. The summed E-state index contributed by atoms with van der Waals surface area (Å²) in [5, 5.41) is 18.9. The van der Waals surface area contributed by atoms with Crippen LogP contribution in [0, 0.1) is 48.8 Å². The van der Waals surface area contributed by atoms with E-state index in [0.29, 0.717) is 22.6 Å². The quantitative estimate of drug-likeness (QED) is 0.0631. The summed E-state index contributed by atoms with van der Waals surface area (Å²) in [5.41, 5.74) is 4.29. The number of carboxylic acid groups (broad SMARTS) is 1. The number of aromatic nitrogens is 6. The molecule has 0 aliphatic carbocycles. The first-order valence-corrected chi connectivity index (χ1v) is 23.8. The van der Waals surface area contributed by atoms with Gasteiger partial charge in [0.05, 0.1) is 71.8 Å². The van der Waals surface area contributed by atoms with Crippen molar-refractivity contribution >= 4 is 29.2 Å². The fourth-order valence-electron chi connectivity index (χ4n) is 8.61. The number of carbonyl (C=O) groups is 1. The number of ether oxygens (including phenoxy) is 2. The van der Waals surface area contributed by atoms with Gasteiger partial charge in [0.1, 0.15) is 11.5 Å². The highest BCUT2D eigenvalue weighted by molar-refractivity contribution is 6.30. The molecule has 0 saturated carbocycles. The number of rotatable bonds is 18. The molecule has 0 aliphatic heterocycles. The molecule has 0 saturated heterocycles. The summed E-state index contributed by atoms with van der Waals surface area (Å²) in [4.78, 5) is 46.8. The topological polar surface area (TPSA) is 156 Å². The molecule has 392 valence electrons. The lowest BCUT2D eigenvalue weighted by Gasteiger charge is -2.22. The van der Waals surface area contributed by atoms with E-state index in [2.05, 4.69) is 9.97 Å². The van der Waals surface area contributed by atoms with Gasteiger partial charge in [0.15, 0.2) is 34.9 Å². The van der Waals surface area contributed by atoms with Crippen molar-refractivity contribution in [2.75, 3.05) is 20.8 Å². The van der Waals surface area contributed by atoms with Crippen LogP contribution in [0.1, 0.15) is 82.5 Å². The Hall–Kier alpha value is -7.61. The van der Waals surface area contributed by atoms with E-state index in [1.807, 2.05) is 61.1 Å². The normalized spacial score (nSPS) is 12.0. The Morgan fingerprint density at radius 2 is 1.01 bits per heavy atom. The first-order valence-electron chi connectivity index (χ1n) is 23.1. The van der Waals surface area contributed by atoms with Crippen molar-refractivity contribution in [1.82, 2.24) is 28.2 Å². The number of halogens is 8. The van der Waals surface area contributed by atoms with Crippen molar-refractivity contribution in [3.05, 3.63) is 221 Å². The highest BCUT2D eigenvalue weighted by atomic mass is 35.5. The molecular weight excluding hydrogens is 1030 g/mol. The lowest BCUT2D eigenvalue weighted by Crippen LogP contribution is -2.29. The molecule has 2 atom stereocenters. The molecule has 8 aromatic rings. The third-order valence-corrected chi connectivity index (χ3v) is 12.6. The maximum atomic E-state index is 14.0. The average molecular weight is 1080 g/mol. The number of benzene rings is 4. The number of imidazole rings is 2. The highest BCUT2D eigenvalue weighted by Gasteiger charge is 2.25. The lowest BCUT2D eigenvalue weighted by atomic mass is 9.99. The standard InChI is InChI=1S/C27H23ClF3N3O4.C27H25ClF3N3O3/c1-15-12-33(14-32-15)23-4-3-16(8-24(23)38-2)7-18-9-19(28)13-34(27(18)37)22(5-6-25(35)36)17-10-20(29)26(31)21(30)11-17;1-16-13-33(15-32-16)24-6-5-17(9-25(24)37-2)8-19-10-20(28)14-34(27(19)36)23(4-3-7-35)18-11-21(29)26(31)22(30)12-18/h3-4,8-14,22H,5-7H2,1-2H3,(H,35,36);5-6,9-15,23,35H,3-4,7-8H2,1-2H3. The molecule has 0 fully saturated rings. The van der Waals surface area contributed by atoms with E-state index in [4.69, 9.17) is 32.7 Å². The number of nitrogens with zero attached hydrogens (tertiary/aromatic N) is 6. The van der Waals surface area contributed by atoms with Crippen LogP contribution in [-0.4, -0.2) is 65.2 Å². The molecule has 8 rings (SSSR count). The number of hydrogen-bond donors (Lipinski definition) is 2. The van der Waals surface area contributed by atoms with Gasteiger partial charge >= 0.3 is 5.97 Å². The zero-order valence-electron chi connectivity index (χ0n) is 40.6. The molecule has 4 heterocycles. The van der Waals surface area contributed by atoms with E-state index in [1.165, 1.54) is 36.2 Å². The fraction of sp³-hybridized carbons (Fsp3) is 0.241. The van der Waals surface area contributed by atoms with Crippen LogP contribution in [0.3, 0.4) is 0 Å². The van der Waals surface area contributed by atoms with Crippen molar-refractivity contribution in [1.29, 1.82) is 0 Å². The minimum absolute atomic E-state index is 0.0572. The number of pyridine rings is 2. The smallest absolute Gasteiger partial charge is 0.303 e. The second-order valence-corrected chi connectivity index (χ2v) is 18.3. The Bertz CT molecular complexity index is 3460. The number of aliphatic hydroxyl groups is 1. The van der Waals surface area contributed by atoms with Crippen molar-refractivity contribution in [2.24, 2.45) is 0 Å². The van der Waals surface area contributed by atoms with E-state index < -0.39 is 70.5 Å². The lowest BCUT2D eigenvalue weighted by molar-refractivity contribution is -0.137. The van der Waals surface area contributed by atoms with Crippen LogP contribution >= 0.6 is 23.2 Å². The Morgan fingerprint density at radius 1 is 0.613 bits per heavy atom. The van der Waals surface area contributed by atoms with Gasteiger partial charge in [-0.25, -0.2) is 36.3 Å². The number of hydrogen-bond acceptors (Lipinski definition) is 8. The van der Waals surface area contributed by atoms with Crippen LogP contribution in [0.15, 0.2) is 120 Å². The molecule has 4 aromatic heterocycles. The van der Waals surface area contributed by atoms with Gasteiger partial charge in [0.2, 0.25) is 0 Å². The molecule has 4 aromatic carbocycles. The molecule has 2 N–H and O–H groups in total. The minimum Gasteiger partial charge on any atom is -0.495 e. The van der Waals surface area contributed by atoms with Crippen molar-refractivity contribution in [3.8, 4) is 22.9 Å². The van der Waals surface area contributed by atoms with Crippen LogP contribution in [0.4, 0.5) is 26.3 Å². The van der Waals surface area contributed by atoms with Crippen LogP contribution in [0.2, 0.25) is 10.0 Å². The molecule has 21 heteroatoms. The Kier molecular flexibility index (Phi) is 17.8. The SMILES string of the molecule is COc1cc(Cc2cc(Cl)cn(C(CCC(=O)O)c3cc(F)c(F)c(F)c3)c2=O)ccc1-n1cnc(C)c1.COc1cc(Cc2cc(Cl)cn(C(CCCO)c3cc(F)c(F)c(F)c3)c2=O)ccc1-n1cnc(C)c1. The van der Waals surface area contributed by atoms with Crippen molar-refractivity contribution in [2.45, 2.75) is 64.5 Å². The van der Waals surface area contributed by atoms with Gasteiger partial charge in [-0.15, -0.1) is 0 Å². The highest BCUT2D eigenvalue weighted by Crippen LogP contribution is 2.31. The van der Waals surface area contributed by atoms with Gasteiger partial charge in [-0.2, -0.15) is 0 Å². The molecule has 0 amide bonds. The summed E-state index contributed by atoms with van der Waals surface area (Å²) in [6.07, 6.45) is 9.83. The van der Waals surface area contributed by atoms with Crippen LogP contribution < -0.4 is 20.6 Å². The molecule has 2 unspecified atom stereocenters. The van der Waals surface area contributed by atoms with Gasteiger partial charge in [0, 0.05) is 61.8 Å². The first kappa shape index (κ1) is 55.1. The summed E-state index contributed by atoms with van der Waals surface area (Å²) >= 11 is 12.7. The molecule has 13 nitrogen and oxygen atoms in total. The van der Waals surface area contributed by atoms with E-state index in [-0.39, 0.29) is 65.4 Å². The van der Waals surface area contributed by atoms with E-state index >= 15 is 0 Å². The monoisotopic (exact) mass is 1080 g/mol. The first-order chi connectivity index (χ1) is 35.8. The van der Waals surface area contributed by atoms with Crippen molar-refractivity contribution in [3.63, 3.8) is 0 Å². The number of carboxylic acids is 1. The molecule has 0 spiro atoms. The molecule has 0 bridgehead atoms. The van der Waals surface area contributed by atoms with Crippen molar-refractivity contribution < 1.29 is 50.8 Å². The van der Waals surface area contributed by atoms with Crippen LogP contribution in [-0.2, 0) is 17.6 Å².